The van der Waals surface area contributed by atoms with Gasteiger partial charge in [0.2, 0.25) is 12.3 Å². The van der Waals surface area contributed by atoms with Crippen LogP contribution < -0.4 is 16.8 Å². The SMILES string of the molecule is NCCCCC(NC=O)C(=O)N1CCC(N)(C(=O)O)CC1. The second-order valence-electron chi connectivity index (χ2n) is 5.41. The van der Waals surface area contributed by atoms with Crippen LogP contribution in [0.2, 0.25) is 0 Å². The fourth-order valence-electron chi connectivity index (χ4n) is 2.41. The first-order valence-corrected chi connectivity index (χ1v) is 7.15. The van der Waals surface area contributed by atoms with E-state index in [0.717, 1.165) is 12.8 Å². The number of hydrogen-bond acceptors (Lipinski definition) is 5. The van der Waals surface area contributed by atoms with Crippen LogP contribution in [0.25, 0.3) is 0 Å². The molecule has 0 aromatic heterocycles. The molecule has 0 spiro atoms. The molecule has 8 nitrogen and oxygen atoms in total. The van der Waals surface area contributed by atoms with E-state index < -0.39 is 17.6 Å². The second kappa shape index (κ2) is 7.94. The Morgan fingerprint density at radius 2 is 1.95 bits per heavy atom. The van der Waals surface area contributed by atoms with Crippen LogP contribution in [0.4, 0.5) is 0 Å². The van der Waals surface area contributed by atoms with Crippen LogP contribution >= 0.6 is 0 Å². The average Bonchev–Trinajstić information content (AvgIpc) is 2.46. The minimum Gasteiger partial charge on any atom is -0.480 e. The number of likely N-dealkylation sites (tertiary alicyclic amines) is 1. The third-order valence-corrected chi connectivity index (χ3v) is 3.91. The molecule has 1 heterocycles. The standard InChI is InChI=1S/C13H24N4O4/c14-6-2-1-3-10(16-9-18)11(19)17-7-4-13(15,5-8-17)12(20)21/h9-10H,1-8,14-15H2,(H,16,18)(H,20,21). The summed E-state index contributed by atoms with van der Waals surface area (Å²) in [5.74, 6) is -1.23. The highest BCUT2D eigenvalue weighted by Gasteiger charge is 2.39. The maximum atomic E-state index is 12.3. The van der Waals surface area contributed by atoms with Gasteiger partial charge in [0.25, 0.3) is 0 Å². The lowest BCUT2D eigenvalue weighted by atomic mass is 9.88. The van der Waals surface area contributed by atoms with E-state index in [9.17, 15) is 14.4 Å². The number of carboxylic acids is 1. The number of carbonyl (C=O) groups is 3. The number of piperidine rings is 1. The fourth-order valence-corrected chi connectivity index (χ4v) is 2.41. The van der Waals surface area contributed by atoms with Gasteiger partial charge >= 0.3 is 5.97 Å². The molecule has 1 aliphatic rings. The number of nitrogens with two attached hydrogens (primary N) is 2. The minimum atomic E-state index is -1.26. The molecule has 1 unspecified atom stereocenters. The maximum Gasteiger partial charge on any atom is 0.323 e. The molecule has 1 rings (SSSR count). The number of amides is 2. The Labute approximate surface area is 123 Å². The largest absolute Gasteiger partial charge is 0.480 e. The van der Waals surface area contributed by atoms with E-state index >= 15 is 0 Å². The molecule has 1 aliphatic heterocycles. The van der Waals surface area contributed by atoms with Crippen LogP contribution in [0.5, 0.6) is 0 Å². The number of nitrogens with one attached hydrogen (secondary N) is 1. The monoisotopic (exact) mass is 300 g/mol. The van der Waals surface area contributed by atoms with E-state index in [-0.39, 0.29) is 31.8 Å². The highest BCUT2D eigenvalue weighted by Crippen LogP contribution is 2.21. The van der Waals surface area contributed by atoms with Crippen LogP contribution in [0.1, 0.15) is 32.1 Å². The molecule has 1 fully saturated rings. The van der Waals surface area contributed by atoms with Crippen molar-refractivity contribution in [2.75, 3.05) is 19.6 Å². The summed E-state index contributed by atoms with van der Waals surface area (Å²) in [4.78, 5) is 35.6. The van der Waals surface area contributed by atoms with Crippen molar-refractivity contribution in [3.05, 3.63) is 0 Å². The molecule has 0 bridgehead atoms. The third kappa shape index (κ3) is 4.68. The van der Waals surface area contributed by atoms with Gasteiger partial charge in [-0.05, 0) is 38.6 Å². The summed E-state index contributed by atoms with van der Waals surface area (Å²) in [6, 6.07) is -0.579. The molecule has 1 atom stereocenters. The van der Waals surface area contributed by atoms with Gasteiger partial charge in [-0.2, -0.15) is 0 Å². The van der Waals surface area contributed by atoms with Crippen molar-refractivity contribution in [3.8, 4) is 0 Å². The molecule has 120 valence electrons. The third-order valence-electron chi connectivity index (χ3n) is 3.91. The molecule has 8 heteroatoms. The van der Waals surface area contributed by atoms with Gasteiger partial charge in [0, 0.05) is 13.1 Å². The van der Waals surface area contributed by atoms with Crippen LogP contribution in [0, 0.1) is 0 Å². The number of carbonyl (C=O) groups excluding carboxylic acids is 2. The van der Waals surface area contributed by atoms with Gasteiger partial charge in [0.05, 0.1) is 0 Å². The predicted octanol–water partition coefficient (Wildman–Crippen LogP) is -1.37. The van der Waals surface area contributed by atoms with E-state index in [4.69, 9.17) is 16.6 Å². The van der Waals surface area contributed by atoms with E-state index in [1.54, 1.807) is 4.90 Å². The van der Waals surface area contributed by atoms with Gasteiger partial charge in [-0.3, -0.25) is 14.4 Å². The van der Waals surface area contributed by atoms with E-state index in [1.165, 1.54) is 0 Å². The van der Waals surface area contributed by atoms with E-state index in [2.05, 4.69) is 5.32 Å². The van der Waals surface area contributed by atoms with Crippen molar-refractivity contribution in [1.82, 2.24) is 10.2 Å². The summed E-state index contributed by atoms with van der Waals surface area (Å²) in [6.07, 6.45) is 3.00. The predicted molar refractivity (Wildman–Crippen MR) is 76.3 cm³/mol. The first-order valence-electron chi connectivity index (χ1n) is 7.15. The summed E-state index contributed by atoms with van der Waals surface area (Å²) < 4.78 is 0. The summed E-state index contributed by atoms with van der Waals surface area (Å²) in [7, 11) is 0. The molecule has 21 heavy (non-hydrogen) atoms. The van der Waals surface area contributed by atoms with Gasteiger partial charge in [0.15, 0.2) is 0 Å². The Morgan fingerprint density at radius 1 is 1.33 bits per heavy atom. The quantitative estimate of drug-likeness (QED) is 0.322. The summed E-state index contributed by atoms with van der Waals surface area (Å²) in [6.45, 7) is 1.12. The normalized spacial score (nSPS) is 18.9. The summed E-state index contributed by atoms with van der Waals surface area (Å²) in [5, 5.41) is 11.6. The van der Waals surface area contributed by atoms with Crippen LogP contribution in [0.15, 0.2) is 0 Å². The lowest BCUT2D eigenvalue weighted by Gasteiger charge is -2.37. The zero-order valence-electron chi connectivity index (χ0n) is 12.1. The zero-order valence-corrected chi connectivity index (χ0v) is 12.1. The zero-order chi connectivity index (χ0) is 15.9. The lowest BCUT2D eigenvalue weighted by molar-refractivity contribution is -0.148. The maximum absolute atomic E-state index is 12.3. The van der Waals surface area contributed by atoms with E-state index in [1.807, 2.05) is 0 Å². The molecule has 0 saturated carbocycles. The molecule has 0 aromatic carbocycles. The first-order chi connectivity index (χ1) is 9.94. The topological polar surface area (TPSA) is 139 Å². The Hall–Kier alpha value is -1.67. The Kier molecular flexibility index (Phi) is 6.57. The van der Waals surface area contributed by atoms with Gasteiger partial charge in [0.1, 0.15) is 11.6 Å². The Morgan fingerprint density at radius 3 is 2.43 bits per heavy atom. The van der Waals surface area contributed by atoms with Crippen molar-refractivity contribution in [2.24, 2.45) is 11.5 Å². The van der Waals surface area contributed by atoms with Crippen LogP contribution in [-0.2, 0) is 14.4 Å². The lowest BCUT2D eigenvalue weighted by Crippen LogP contribution is -2.58. The van der Waals surface area contributed by atoms with Crippen LogP contribution in [0.3, 0.4) is 0 Å². The molecule has 0 aromatic rings. The molecule has 2 amide bonds. The molecular formula is C13H24N4O4. The Bertz CT molecular complexity index is 380. The summed E-state index contributed by atoms with van der Waals surface area (Å²) >= 11 is 0. The highest BCUT2D eigenvalue weighted by molar-refractivity contribution is 5.84. The number of hydrogen-bond donors (Lipinski definition) is 4. The molecule has 1 saturated heterocycles. The van der Waals surface area contributed by atoms with Crippen molar-refractivity contribution in [2.45, 2.75) is 43.7 Å². The average molecular weight is 300 g/mol. The molecule has 6 N–H and O–H groups in total. The molecule has 0 radical (unpaired) electrons. The summed E-state index contributed by atoms with van der Waals surface area (Å²) in [5.41, 5.74) is 9.93. The molecular weight excluding hydrogens is 276 g/mol. The number of nitrogens with zero attached hydrogens (tertiary/aromatic N) is 1. The Balaban J connectivity index is 2.56. The highest BCUT2D eigenvalue weighted by atomic mass is 16.4. The van der Waals surface area contributed by atoms with Crippen molar-refractivity contribution in [3.63, 3.8) is 0 Å². The van der Waals surface area contributed by atoms with Crippen molar-refractivity contribution < 1.29 is 19.5 Å². The number of aliphatic carboxylic acids is 1. The van der Waals surface area contributed by atoms with Gasteiger partial charge in [-0.15, -0.1) is 0 Å². The van der Waals surface area contributed by atoms with Gasteiger partial charge in [-0.1, -0.05) is 0 Å². The smallest absolute Gasteiger partial charge is 0.323 e. The van der Waals surface area contributed by atoms with Crippen LogP contribution in [-0.4, -0.2) is 59.5 Å². The first kappa shape index (κ1) is 17.4. The number of carboxylic acid groups (broad SMARTS) is 1. The van der Waals surface area contributed by atoms with Gasteiger partial charge in [-0.25, -0.2) is 0 Å². The molecule has 0 aliphatic carbocycles. The minimum absolute atomic E-state index is 0.188. The van der Waals surface area contributed by atoms with Gasteiger partial charge < -0.3 is 26.8 Å². The van der Waals surface area contributed by atoms with Crippen molar-refractivity contribution >= 4 is 18.3 Å². The number of unbranched alkanes of at least 4 members (excludes halogenated alkanes) is 1. The van der Waals surface area contributed by atoms with Crippen molar-refractivity contribution in [1.29, 1.82) is 0 Å². The second-order valence-corrected chi connectivity index (χ2v) is 5.41. The van der Waals surface area contributed by atoms with E-state index in [0.29, 0.717) is 19.4 Å². The fraction of sp³-hybridized carbons (Fsp3) is 0.769. The number of rotatable bonds is 8.